The lowest BCUT2D eigenvalue weighted by molar-refractivity contribution is -0.137. The van der Waals surface area contributed by atoms with Crippen molar-refractivity contribution < 1.29 is 23.1 Å². The fourth-order valence-electron chi connectivity index (χ4n) is 1.46. The fourth-order valence-corrected chi connectivity index (χ4v) is 2.78. The first-order valence-electron chi connectivity index (χ1n) is 5.56. The number of benzene rings is 1. The molecule has 0 bridgehead atoms. The first-order chi connectivity index (χ1) is 8.93. The lowest BCUT2D eigenvalue weighted by Gasteiger charge is -2.11. The Morgan fingerprint density at radius 2 is 1.95 bits per heavy atom. The molecule has 19 heavy (non-hydrogen) atoms. The van der Waals surface area contributed by atoms with Crippen LogP contribution in [0.2, 0.25) is 0 Å². The minimum atomic E-state index is -3.70. The van der Waals surface area contributed by atoms with Crippen molar-refractivity contribution in [2.75, 3.05) is 0 Å². The number of hydrogen-bond acceptors (Lipinski definition) is 4. The predicted octanol–water partition coefficient (Wildman–Crippen LogP) is 0.449. The van der Waals surface area contributed by atoms with Crippen LogP contribution in [0, 0.1) is 0 Å². The van der Waals surface area contributed by atoms with Gasteiger partial charge in [0.05, 0.1) is 11.8 Å². The molecule has 0 heterocycles. The van der Waals surface area contributed by atoms with Crippen molar-refractivity contribution in [3.8, 4) is 0 Å². The Hall–Kier alpha value is -1.73. The maximum atomic E-state index is 11.8. The predicted molar refractivity (Wildman–Crippen MR) is 68.6 cm³/mol. The summed E-state index contributed by atoms with van der Waals surface area (Å²) in [6.45, 7) is 0. The Balaban J connectivity index is 2.62. The first-order valence-corrected chi connectivity index (χ1v) is 7.21. The van der Waals surface area contributed by atoms with E-state index in [1.807, 2.05) is 0 Å². The van der Waals surface area contributed by atoms with Crippen molar-refractivity contribution in [1.29, 1.82) is 0 Å². The molecule has 0 saturated heterocycles. The third kappa shape index (κ3) is 6.12. The fraction of sp³-hybridized carbons (Fsp3) is 0.333. The summed E-state index contributed by atoms with van der Waals surface area (Å²) in [7, 11) is -3.70. The summed E-state index contributed by atoms with van der Waals surface area (Å²) in [5.41, 5.74) is 0.581. The van der Waals surface area contributed by atoms with Gasteiger partial charge in [0, 0.05) is 6.42 Å². The van der Waals surface area contributed by atoms with E-state index >= 15 is 0 Å². The van der Waals surface area contributed by atoms with E-state index < -0.39 is 22.0 Å². The quantitative estimate of drug-likeness (QED) is 0.722. The van der Waals surface area contributed by atoms with Crippen LogP contribution < -0.4 is 4.72 Å². The minimum absolute atomic E-state index is 0.118. The van der Waals surface area contributed by atoms with E-state index in [4.69, 9.17) is 5.11 Å². The topological polar surface area (TPSA) is 101 Å². The molecule has 0 unspecified atom stereocenters. The molecule has 0 fully saturated rings. The van der Waals surface area contributed by atoms with Gasteiger partial charge in [0.25, 0.3) is 0 Å². The molecular weight excluding hydrogens is 270 g/mol. The van der Waals surface area contributed by atoms with Crippen molar-refractivity contribution in [1.82, 2.24) is 4.72 Å². The summed E-state index contributed by atoms with van der Waals surface area (Å²) in [6.07, 6.45) is 1.08. The second-order valence-corrected chi connectivity index (χ2v) is 5.72. The van der Waals surface area contributed by atoms with Crippen LogP contribution in [0.4, 0.5) is 0 Å². The smallest absolute Gasteiger partial charge is 0.303 e. The normalized spacial score (nSPS) is 12.8. The van der Waals surface area contributed by atoms with E-state index in [1.54, 1.807) is 30.3 Å². The van der Waals surface area contributed by atoms with Crippen molar-refractivity contribution in [2.24, 2.45) is 0 Å². The average molecular weight is 284 g/mol. The third-order valence-electron chi connectivity index (χ3n) is 2.31. The van der Waals surface area contributed by atoms with Gasteiger partial charge in [-0.05, 0) is 12.0 Å². The van der Waals surface area contributed by atoms with E-state index in [1.165, 1.54) is 6.29 Å². The third-order valence-corrected chi connectivity index (χ3v) is 3.67. The Bertz CT molecular complexity index is 526. The summed E-state index contributed by atoms with van der Waals surface area (Å²) in [4.78, 5) is 21.0. The highest BCUT2D eigenvalue weighted by Crippen LogP contribution is 2.06. The number of carbonyl (C=O) groups is 1. The second-order valence-electron chi connectivity index (χ2n) is 3.97. The Morgan fingerprint density at radius 1 is 1.32 bits per heavy atom. The highest BCUT2D eigenvalue weighted by atomic mass is 32.2. The standard InChI is InChI=1S/C12H14NO5S/c14-8-11(6-7-12(15)16)13-19(17,18)9-10-4-2-1-3-5-10/h1-5,11,13H,6-7,9H2,(H,15,16)/t11-/m0/s1. The van der Waals surface area contributed by atoms with Crippen molar-refractivity contribution in [3.05, 3.63) is 35.9 Å². The van der Waals surface area contributed by atoms with Gasteiger partial charge in [-0.25, -0.2) is 13.1 Å². The molecule has 0 aliphatic heterocycles. The lowest BCUT2D eigenvalue weighted by atomic mass is 10.2. The molecule has 1 aromatic rings. The van der Waals surface area contributed by atoms with Gasteiger partial charge in [-0.3, -0.25) is 9.59 Å². The number of aliphatic carboxylic acids is 1. The molecule has 0 amide bonds. The van der Waals surface area contributed by atoms with Crippen LogP contribution in [0.1, 0.15) is 18.4 Å². The van der Waals surface area contributed by atoms with Crippen molar-refractivity contribution in [2.45, 2.75) is 24.6 Å². The molecule has 1 rings (SSSR count). The number of hydrogen-bond donors (Lipinski definition) is 2. The van der Waals surface area contributed by atoms with E-state index in [0.29, 0.717) is 5.56 Å². The van der Waals surface area contributed by atoms with Crippen LogP contribution >= 0.6 is 0 Å². The van der Waals surface area contributed by atoms with E-state index in [-0.39, 0.29) is 18.6 Å². The van der Waals surface area contributed by atoms with E-state index in [2.05, 4.69) is 4.72 Å². The van der Waals surface area contributed by atoms with Crippen LogP contribution in [-0.4, -0.2) is 31.8 Å². The molecule has 103 valence electrons. The first kappa shape index (κ1) is 15.3. The summed E-state index contributed by atoms with van der Waals surface area (Å²) in [5.74, 6) is -1.36. The molecular formula is C12H14NO5S. The molecule has 0 aliphatic rings. The Labute approximate surface area is 111 Å². The van der Waals surface area contributed by atoms with Gasteiger partial charge in [0.1, 0.15) is 0 Å². The van der Waals surface area contributed by atoms with Crippen LogP contribution in [-0.2, 0) is 25.4 Å². The molecule has 0 aliphatic carbocycles. The maximum Gasteiger partial charge on any atom is 0.303 e. The molecule has 1 atom stereocenters. The Kier molecular flexibility index (Phi) is 5.65. The summed E-state index contributed by atoms with van der Waals surface area (Å²) in [6, 6.07) is 7.34. The van der Waals surface area contributed by atoms with E-state index in [0.717, 1.165) is 0 Å². The number of carboxylic acid groups (broad SMARTS) is 1. The molecule has 7 heteroatoms. The van der Waals surface area contributed by atoms with Gasteiger partial charge in [0.2, 0.25) is 16.3 Å². The van der Waals surface area contributed by atoms with Gasteiger partial charge in [0.15, 0.2) is 0 Å². The van der Waals surface area contributed by atoms with Gasteiger partial charge < -0.3 is 5.11 Å². The zero-order valence-electron chi connectivity index (χ0n) is 10.1. The monoisotopic (exact) mass is 284 g/mol. The average Bonchev–Trinajstić information content (AvgIpc) is 2.34. The lowest BCUT2D eigenvalue weighted by Crippen LogP contribution is -2.37. The molecule has 0 saturated carbocycles. The number of carbonyl (C=O) groups excluding carboxylic acids is 1. The minimum Gasteiger partial charge on any atom is -0.481 e. The van der Waals surface area contributed by atoms with Crippen LogP contribution in [0.25, 0.3) is 0 Å². The second kappa shape index (κ2) is 7.01. The van der Waals surface area contributed by atoms with Crippen LogP contribution in [0.5, 0.6) is 0 Å². The highest BCUT2D eigenvalue weighted by molar-refractivity contribution is 7.88. The number of nitrogens with one attached hydrogen (secondary N) is 1. The molecule has 0 spiro atoms. The maximum absolute atomic E-state index is 11.8. The SMILES string of the molecule is O=[C][C@H](CCC(=O)O)NS(=O)(=O)Cc1ccccc1. The molecule has 1 radical (unpaired) electrons. The largest absolute Gasteiger partial charge is 0.481 e. The molecule has 6 nitrogen and oxygen atoms in total. The van der Waals surface area contributed by atoms with Crippen molar-refractivity contribution in [3.63, 3.8) is 0 Å². The molecule has 2 N–H and O–H groups in total. The van der Waals surface area contributed by atoms with Crippen LogP contribution in [0.3, 0.4) is 0 Å². The number of sulfonamides is 1. The zero-order chi connectivity index (χ0) is 14.3. The van der Waals surface area contributed by atoms with Crippen LogP contribution in [0.15, 0.2) is 30.3 Å². The van der Waals surface area contributed by atoms with Gasteiger partial charge in [-0.1, -0.05) is 30.3 Å². The summed E-state index contributed by atoms with van der Waals surface area (Å²) >= 11 is 0. The summed E-state index contributed by atoms with van der Waals surface area (Å²) < 4.78 is 25.7. The van der Waals surface area contributed by atoms with Crippen molar-refractivity contribution >= 4 is 22.3 Å². The number of rotatable bonds is 8. The zero-order valence-corrected chi connectivity index (χ0v) is 10.9. The van der Waals surface area contributed by atoms with E-state index in [9.17, 15) is 18.0 Å². The molecule has 0 aromatic heterocycles. The summed E-state index contributed by atoms with van der Waals surface area (Å²) in [5, 5.41) is 8.48. The Morgan fingerprint density at radius 3 is 2.47 bits per heavy atom. The molecule has 1 aromatic carbocycles. The number of carboxylic acids is 1. The van der Waals surface area contributed by atoms with Gasteiger partial charge in [-0.2, -0.15) is 0 Å². The highest BCUT2D eigenvalue weighted by Gasteiger charge is 2.19. The van der Waals surface area contributed by atoms with Gasteiger partial charge in [-0.15, -0.1) is 0 Å². The van der Waals surface area contributed by atoms with Gasteiger partial charge >= 0.3 is 5.97 Å².